The summed E-state index contributed by atoms with van der Waals surface area (Å²) in [5, 5.41) is 12.5. The number of rotatable bonds is 2. The molecule has 0 aromatic heterocycles. The molecular weight excluding hydrogens is 234 g/mol. The van der Waals surface area contributed by atoms with Crippen molar-refractivity contribution in [2.45, 2.75) is 45.7 Å². The molecule has 1 heterocycles. The zero-order chi connectivity index (χ0) is 14.0. The lowest BCUT2D eigenvalue weighted by atomic mass is 9.96. The van der Waals surface area contributed by atoms with E-state index in [2.05, 4.69) is 62.2 Å². The Hall–Kier alpha value is -1.53. The number of hydrogen-bond donors (Lipinski definition) is 1. The molecule has 102 valence electrons. The first-order valence-corrected chi connectivity index (χ1v) is 6.89. The van der Waals surface area contributed by atoms with Crippen LogP contribution in [0.4, 0.5) is 5.69 Å². The molecule has 1 aliphatic rings. The number of anilines is 1. The van der Waals surface area contributed by atoms with Crippen molar-refractivity contribution in [3.8, 4) is 6.07 Å². The van der Waals surface area contributed by atoms with Gasteiger partial charge in [-0.25, -0.2) is 0 Å². The number of nitriles is 1. The Bertz CT molecular complexity index is 499. The summed E-state index contributed by atoms with van der Waals surface area (Å²) in [6, 6.07) is 9.15. The minimum atomic E-state index is 0.0880. The molecule has 0 spiro atoms. The van der Waals surface area contributed by atoms with Gasteiger partial charge in [0.05, 0.1) is 18.5 Å². The van der Waals surface area contributed by atoms with Gasteiger partial charge in [0.1, 0.15) is 0 Å². The monoisotopic (exact) mass is 257 g/mol. The Morgan fingerprint density at radius 1 is 1.37 bits per heavy atom. The van der Waals surface area contributed by atoms with Crippen LogP contribution < -0.4 is 10.2 Å². The molecule has 3 nitrogen and oxygen atoms in total. The van der Waals surface area contributed by atoms with Gasteiger partial charge in [0, 0.05) is 24.3 Å². The Balaban J connectivity index is 2.31. The lowest BCUT2D eigenvalue weighted by Crippen LogP contribution is -2.61. The van der Waals surface area contributed by atoms with Crippen molar-refractivity contribution in [1.82, 2.24) is 5.32 Å². The summed E-state index contributed by atoms with van der Waals surface area (Å²) in [6.07, 6.45) is 0.565. The summed E-state index contributed by atoms with van der Waals surface area (Å²) < 4.78 is 0. The number of piperazine rings is 1. The molecule has 0 bridgehead atoms. The Morgan fingerprint density at radius 2 is 2.11 bits per heavy atom. The van der Waals surface area contributed by atoms with Crippen molar-refractivity contribution >= 4 is 5.69 Å². The predicted octanol–water partition coefficient (Wildman–Crippen LogP) is 2.77. The molecule has 1 aliphatic heterocycles. The fourth-order valence-electron chi connectivity index (χ4n) is 2.61. The maximum atomic E-state index is 9.01. The maximum Gasteiger partial charge on any atom is 0.0643 e. The lowest BCUT2D eigenvalue weighted by Gasteiger charge is -2.45. The van der Waals surface area contributed by atoms with Gasteiger partial charge in [0.2, 0.25) is 0 Å². The highest BCUT2D eigenvalue weighted by Gasteiger charge is 2.32. The van der Waals surface area contributed by atoms with Crippen LogP contribution >= 0.6 is 0 Å². The fourth-order valence-corrected chi connectivity index (χ4v) is 2.61. The first-order chi connectivity index (χ1) is 8.93. The molecule has 1 fully saturated rings. The van der Waals surface area contributed by atoms with E-state index in [9.17, 15) is 0 Å². The van der Waals surface area contributed by atoms with E-state index in [1.807, 2.05) is 0 Å². The fraction of sp³-hybridized carbons (Fsp3) is 0.562. The van der Waals surface area contributed by atoms with Crippen molar-refractivity contribution in [2.24, 2.45) is 0 Å². The molecule has 2 rings (SSSR count). The van der Waals surface area contributed by atoms with E-state index >= 15 is 0 Å². The van der Waals surface area contributed by atoms with Crippen LogP contribution in [0.1, 0.15) is 31.4 Å². The smallest absolute Gasteiger partial charge is 0.0643 e. The molecule has 0 saturated carbocycles. The van der Waals surface area contributed by atoms with Gasteiger partial charge in [-0.15, -0.1) is 0 Å². The third-order valence-electron chi connectivity index (χ3n) is 3.97. The normalized spacial score (nSPS) is 22.1. The number of benzene rings is 1. The maximum absolute atomic E-state index is 9.01. The molecule has 1 saturated heterocycles. The van der Waals surface area contributed by atoms with Crippen LogP contribution in [0.15, 0.2) is 18.2 Å². The largest absolute Gasteiger partial charge is 0.364 e. The number of hydrogen-bond acceptors (Lipinski definition) is 3. The van der Waals surface area contributed by atoms with Crippen LogP contribution in [0.3, 0.4) is 0 Å². The Kier molecular flexibility index (Phi) is 3.82. The van der Waals surface area contributed by atoms with Gasteiger partial charge in [0.25, 0.3) is 0 Å². The number of nitrogens with zero attached hydrogens (tertiary/aromatic N) is 2. The molecular formula is C16H23N3. The number of aryl methyl sites for hydroxylation is 2. The minimum absolute atomic E-state index is 0.0880. The molecule has 0 amide bonds. The van der Waals surface area contributed by atoms with Gasteiger partial charge in [-0.2, -0.15) is 5.26 Å². The third kappa shape index (κ3) is 3.08. The summed E-state index contributed by atoms with van der Waals surface area (Å²) in [4.78, 5) is 2.38. The summed E-state index contributed by atoms with van der Waals surface area (Å²) >= 11 is 0. The highest BCUT2D eigenvalue weighted by molar-refractivity contribution is 5.52. The zero-order valence-corrected chi connectivity index (χ0v) is 12.3. The standard InChI is InChI=1S/C16H23N3/c1-12-5-6-14(9-13(12)2)19-11-16(3,4)18-10-15(19)7-8-17/h5-6,9,15,18H,7,10-11H2,1-4H3. The summed E-state index contributed by atoms with van der Waals surface area (Å²) in [6.45, 7) is 10.5. The SMILES string of the molecule is Cc1ccc(N2CC(C)(C)NCC2CC#N)cc1C. The van der Waals surface area contributed by atoms with Gasteiger partial charge >= 0.3 is 0 Å². The van der Waals surface area contributed by atoms with Crippen LogP contribution in [0.25, 0.3) is 0 Å². The second-order valence-electron chi connectivity index (χ2n) is 6.18. The molecule has 1 N–H and O–H groups in total. The molecule has 1 unspecified atom stereocenters. The lowest BCUT2D eigenvalue weighted by molar-refractivity contribution is 0.311. The van der Waals surface area contributed by atoms with Crippen molar-refractivity contribution in [2.75, 3.05) is 18.0 Å². The van der Waals surface area contributed by atoms with Gasteiger partial charge in [-0.1, -0.05) is 6.07 Å². The van der Waals surface area contributed by atoms with Crippen LogP contribution in [-0.4, -0.2) is 24.7 Å². The van der Waals surface area contributed by atoms with E-state index in [4.69, 9.17) is 5.26 Å². The Labute approximate surface area is 116 Å². The van der Waals surface area contributed by atoms with Crippen molar-refractivity contribution in [3.63, 3.8) is 0 Å². The first-order valence-electron chi connectivity index (χ1n) is 6.89. The van der Waals surface area contributed by atoms with E-state index in [1.54, 1.807) is 0 Å². The predicted molar refractivity (Wildman–Crippen MR) is 79.4 cm³/mol. The van der Waals surface area contributed by atoms with Gasteiger partial charge in [-0.3, -0.25) is 0 Å². The second-order valence-corrected chi connectivity index (χ2v) is 6.18. The molecule has 0 aliphatic carbocycles. The molecule has 19 heavy (non-hydrogen) atoms. The topological polar surface area (TPSA) is 39.1 Å². The van der Waals surface area contributed by atoms with E-state index in [0.29, 0.717) is 6.42 Å². The van der Waals surface area contributed by atoms with Crippen LogP contribution in [0, 0.1) is 25.2 Å². The average Bonchev–Trinajstić information content (AvgIpc) is 2.35. The summed E-state index contributed by atoms with van der Waals surface area (Å²) in [5.74, 6) is 0. The minimum Gasteiger partial charge on any atom is -0.364 e. The van der Waals surface area contributed by atoms with Crippen molar-refractivity contribution in [1.29, 1.82) is 5.26 Å². The highest BCUT2D eigenvalue weighted by Crippen LogP contribution is 2.26. The van der Waals surface area contributed by atoms with Crippen LogP contribution in [-0.2, 0) is 0 Å². The Morgan fingerprint density at radius 3 is 2.74 bits per heavy atom. The summed E-state index contributed by atoms with van der Waals surface area (Å²) in [7, 11) is 0. The van der Waals surface area contributed by atoms with Crippen LogP contribution in [0.2, 0.25) is 0 Å². The molecule has 1 aromatic rings. The molecule has 0 radical (unpaired) electrons. The van der Waals surface area contributed by atoms with E-state index < -0.39 is 0 Å². The van der Waals surface area contributed by atoms with Crippen molar-refractivity contribution < 1.29 is 0 Å². The van der Waals surface area contributed by atoms with Gasteiger partial charge in [-0.05, 0) is 51.0 Å². The van der Waals surface area contributed by atoms with Crippen LogP contribution in [0.5, 0.6) is 0 Å². The zero-order valence-electron chi connectivity index (χ0n) is 12.3. The van der Waals surface area contributed by atoms with Crippen molar-refractivity contribution in [3.05, 3.63) is 29.3 Å². The van der Waals surface area contributed by atoms with Gasteiger partial charge in [0.15, 0.2) is 0 Å². The highest BCUT2D eigenvalue weighted by atomic mass is 15.3. The molecule has 1 aromatic carbocycles. The first kappa shape index (κ1) is 13.9. The molecule has 3 heteroatoms. The molecule has 1 atom stereocenters. The average molecular weight is 257 g/mol. The number of nitrogens with one attached hydrogen (secondary N) is 1. The van der Waals surface area contributed by atoms with E-state index in [1.165, 1.54) is 16.8 Å². The quantitative estimate of drug-likeness (QED) is 0.885. The van der Waals surface area contributed by atoms with E-state index in [-0.39, 0.29) is 11.6 Å². The van der Waals surface area contributed by atoms with Gasteiger partial charge < -0.3 is 10.2 Å². The second kappa shape index (κ2) is 5.22. The summed E-state index contributed by atoms with van der Waals surface area (Å²) in [5.41, 5.74) is 3.95. The third-order valence-corrected chi connectivity index (χ3v) is 3.97. The van der Waals surface area contributed by atoms with E-state index in [0.717, 1.165) is 13.1 Å².